The Kier molecular flexibility index (Phi) is 3.69. The summed E-state index contributed by atoms with van der Waals surface area (Å²) in [7, 11) is 0. The van der Waals surface area contributed by atoms with E-state index in [9.17, 15) is 14.9 Å². The maximum Gasteiger partial charge on any atom is 0.342 e. The van der Waals surface area contributed by atoms with Crippen LogP contribution >= 0.6 is 0 Å². The summed E-state index contributed by atoms with van der Waals surface area (Å²) in [5.41, 5.74) is 0.153. The lowest BCUT2D eigenvalue weighted by atomic mass is 10.1. The molecule has 1 aromatic rings. The van der Waals surface area contributed by atoms with E-state index in [1.165, 1.54) is 12.1 Å². The molecule has 0 saturated heterocycles. The largest absolute Gasteiger partial charge is 0.477 e. The zero-order valence-corrected chi connectivity index (χ0v) is 10.7. The van der Waals surface area contributed by atoms with Crippen molar-refractivity contribution in [3.05, 3.63) is 33.9 Å². The van der Waals surface area contributed by atoms with Crippen molar-refractivity contribution in [1.29, 1.82) is 0 Å². The van der Waals surface area contributed by atoms with Crippen LogP contribution in [0.2, 0.25) is 0 Å². The maximum absolute atomic E-state index is 11.1. The molecule has 0 spiro atoms. The summed E-state index contributed by atoms with van der Waals surface area (Å²) in [6, 6.07) is 4.78. The summed E-state index contributed by atoms with van der Waals surface area (Å²) >= 11 is 0. The molecule has 0 radical (unpaired) electrons. The van der Waals surface area contributed by atoms with Crippen LogP contribution in [0.1, 0.15) is 36.5 Å². The van der Waals surface area contributed by atoms with Gasteiger partial charge in [-0.3, -0.25) is 10.1 Å². The summed E-state index contributed by atoms with van der Waals surface area (Å²) in [6.07, 6.45) is 3.15. The van der Waals surface area contributed by atoms with Gasteiger partial charge in [0.2, 0.25) is 0 Å². The molecule has 1 aromatic carbocycles. The highest BCUT2D eigenvalue weighted by Crippen LogP contribution is 2.34. The summed E-state index contributed by atoms with van der Waals surface area (Å²) in [5, 5.41) is 19.9. The quantitative estimate of drug-likeness (QED) is 0.630. The Labute approximate surface area is 110 Å². The molecule has 6 heteroatoms. The first-order valence-corrected chi connectivity index (χ1v) is 6.33. The van der Waals surface area contributed by atoms with Crippen molar-refractivity contribution in [3.63, 3.8) is 0 Å². The molecule has 0 bridgehead atoms. The van der Waals surface area contributed by atoms with E-state index < -0.39 is 10.9 Å². The van der Waals surface area contributed by atoms with Gasteiger partial charge in [-0.2, -0.15) is 0 Å². The lowest BCUT2D eigenvalue weighted by Gasteiger charge is -2.24. The molecule has 0 unspecified atom stereocenters. The minimum Gasteiger partial charge on any atom is -0.477 e. The molecular weight excluding hydrogens is 248 g/mol. The first-order chi connectivity index (χ1) is 9.04. The fourth-order valence-corrected chi connectivity index (χ4v) is 2.18. The third-order valence-corrected chi connectivity index (χ3v) is 3.19. The molecule has 0 amide bonds. The number of carboxylic acids is 1. The number of nitro benzene ring substituents is 1. The normalized spacial score (nSPS) is 14.2. The van der Waals surface area contributed by atoms with Crippen molar-refractivity contribution in [2.75, 3.05) is 11.4 Å². The average molecular weight is 264 g/mol. The van der Waals surface area contributed by atoms with Crippen LogP contribution in [0.4, 0.5) is 11.4 Å². The van der Waals surface area contributed by atoms with Crippen LogP contribution in [0.25, 0.3) is 0 Å². The Bertz CT molecular complexity index is 511. The van der Waals surface area contributed by atoms with Crippen LogP contribution in [0.5, 0.6) is 0 Å². The minimum absolute atomic E-state index is 0.246. The lowest BCUT2D eigenvalue weighted by molar-refractivity contribution is -0.385. The van der Waals surface area contributed by atoms with Crippen molar-refractivity contribution in [3.8, 4) is 0 Å². The highest BCUT2D eigenvalue weighted by Gasteiger charge is 2.30. The predicted octanol–water partition coefficient (Wildman–Crippen LogP) is 2.67. The number of nitro groups is 1. The number of hydrogen-bond donors (Lipinski definition) is 1. The fourth-order valence-electron chi connectivity index (χ4n) is 2.18. The van der Waals surface area contributed by atoms with Crippen LogP contribution in [-0.4, -0.2) is 28.6 Å². The Morgan fingerprint density at radius 1 is 1.53 bits per heavy atom. The van der Waals surface area contributed by atoms with E-state index in [4.69, 9.17) is 5.11 Å². The van der Waals surface area contributed by atoms with E-state index in [1.807, 2.05) is 0 Å². The molecule has 0 atom stereocenters. The molecule has 1 N–H and O–H groups in total. The third-order valence-electron chi connectivity index (χ3n) is 3.19. The first kappa shape index (κ1) is 13.3. The number of carbonyl (C=O) groups is 1. The predicted molar refractivity (Wildman–Crippen MR) is 70.7 cm³/mol. The monoisotopic (exact) mass is 264 g/mol. The Hall–Kier alpha value is -2.11. The van der Waals surface area contributed by atoms with Crippen molar-refractivity contribution >= 4 is 17.3 Å². The molecule has 102 valence electrons. The summed E-state index contributed by atoms with van der Waals surface area (Å²) in [5.74, 6) is -1.26. The van der Waals surface area contributed by atoms with Gasteiger partial charge in [-0.1, -0.05) is 6.92 Å². The highest BCUT2D eigenvalue weighted by atomic mass is 16.6. The van der Waals surface area contributed by atoms with Gasteiger partial charge in [-0.15, -0.1) is 0 Å². The van der Waals surface area contributed by atoms with E-state index >= 15 is 0 Å². The van der Waals surface area contributed by atoms with Crippen LogP contribution < -0.4 is 4.90 Å². The number of carboxylic acid groups (broad SMARTS) is 1. The second kappa shape index (κ2) is 5.26. The second-order valence-electron chi connectivity index (χ2n) is 4.69. The standard InChI is InChI=1S/C13H16N2O4/c1-2-7-14(9-3-4-9)10-5-6-12(15(18)19)11(8-10)13(16)17/h5-6,8-9H,2-4,7H2,1H3,(H,16,17). The van der Waals surface area contributed by atoms with Crippen LogP contribution in [0.3, 0.4) is 0 Å². The molecular formula is C13H16N2O4. The van der Waals surface area contributed by atoms with Gasteiger partial charge < -0.3 is 10.0 Å². The summed E-state index contributed by atoms with van der Waals surface area (Å²) in [4.78, 5) is 23.4. The van der Waals surface area contributed by atoms with Gasteiger partial charge in [-0.05, 0) is 31.4 Å². The Morgan fingerprint density at radius 2 is 2.21 bits per heavy atom. The number of hydrogen-bond acceptors (Lipinski definition) is 4. The Morgan fingerprint density at radius 3 is 2.68 bits per heavy atom. The van der Waals surface area contributed by atoms with Crippen LogP contribution in [0, 0.1) is 10.1 Å². The first-order valence-electron chi connectivity index (χ1n) is 6.33. The number of rotatable bonds is 6. The molecule has 1 aliphatic rings. The molecule has 1 aliphatic carbocycles. The van der Waals surface area contributed by atoms with E-state index in [2.05, 4.69) is 11.8 Å². The molecule has 0 aromatic heterocycles. The van der Waals surface area contributed by atoms with Gasteiger partial charge in [0, 0.05) is 24.3 Å². The van der Waals surface area contributed by atoms with Crippen molar-refractivity contribution in [1.82, 2.24) is 0 Å². The van der Waals surface area contributed by atoms with Gasteiger partial charge in [0.15, 0.2) is 0 Å². The van der Waals surface area contributed by atoms with E-state index in [-0.39, 0.29) is 11.3 Å². The van der Waals surface area contributed by atoms with Gasteiger partial charge in [0.05, 0.1) is 4.92 Å². The number of nitrogens with zero attached hydrogens (tertiary/aromatic N) is 2. The minimum atomic E-state index is -1.26. The zero-order chi connectivity index (χ0) is 14.0. The number of anilines is 1. The fraction of sp³-hybridized carbons (Fsp3) is 0.462. The molecule has 6 nitrogen and oxygen atoms in total. The molecule has 0 aliphatic heterocycles. The second-order valence-corrected chi connectivity index (χ2v) is 4.69. The van der Waals surface area contributed by atoms with Crippen molar-refractivity contribution in [2.24, 2.45) is 0 Å². The number of benzene rings is 1. The molecule has 0 heterocycles. The summed E-state index contributed by atoms with van der Waals surface area (Å²) in [6.45, 7) is 2.89. The lowest BCUT2D eigenvalue weighted by Crippen LogP contribution is -2.26. The van der Waals surface area contributed by atoms with E-state index in [0.717, 1.165) is 31.5 Å². The van der Waals surface area contributed by atoms with E-state index in [1.54, 1.807) is 6.07 Å². The SMILES string of the molecule is CCCN(c1ccc([N+](=O)[O-])c(C(=O)O)c1)C1CC1. The summed E-state index contributed by atoms with van der Waals surface area (Å²) < 4.78 is 0. The van der Waals surface area contributed by atoms with Crippen molar-refractivity contribution < 1.29 is 14.8 Å². The average Bonchev–Trinajstić information content (AvgIpc) is 3.19. The molecule has 2 rings (SSSR count). The maximum atomic E-state index is 11.1. The zero-order valence-electron chi connectivity index (χ0n) is 10.7. The van der Waals surface area contributed by atoms with Crippen LogP contribution in [-0.2, 0) is 0 Å². The number of aromatic carboxylic acids is 1. The molecule has 1 saturated carbocycles. The van der Waals surface area contributed by atoms with Gasteiger partial charge in [0.25, 0.3) is 5.69 Å². The van der Waals surface area contributed by atoms with Gasteiger partial charge in [0.1, 0.15) is 5.56 Å². The highest BCUT2D eigenvalue weighted by molar-refractivity contribution is 5.93. The van der Waals surface area contributed by atoms with Gasteiger partial charge in [-0.25, -0.2) is 4.79 Å². The van der Waals surface area contributed by atoms with Gasteiger partial charge >= 0.3 is 5.97 Å². The topological polar surface area (TPSA) is 83.7 Å². The van der Waals surface area contributed by atoms with E-state index in [0.29, 0.717) is 6.04 Å². The molecule has 1 fully saturated rings. The molecule has 19 heavy (non-hydrogen) atoms. The van der Waals surface area contributed by atoms with Crippen LogP contribution in [0.15, 0.2) is 18.2 Å². The van der Waals surface area contributed by atoms with Crippen molar-refractivity contribution in [2.45, 2.75) is 32.2 Å². The third kappa shape index (κ3) is 2.83. The Balaban J connectivity index is 2.38. The smallest absolute Gasteiger partial charge is 0.342 e.